The van der Waals surface area contributed by atoms with Crippen molar-refractivity contribution >= 4 is 35.8 Å². The summed E-state index contributed by atoms with van der Waals surface area (Å²) in [5.41, 5.74) is 6.30. The number of imidazole rings is 1. The number of nitrogens with zero attached hydrogens (tertiary/aromatic N) is 2. The van der Waals surface area contributed by atoms with Crippen LogP contribution in [0.4, 0.5) is 5.69 Å². The molecule has 6 nitrogen and oxygen atoms in total. The number of aromatic nitrogens is 2. The fraction of sp³-hybridized carbons (Fsp3) is 0.333. The Balaban J connectivity index is 0.00000264. The summed E-state index contributed by atoms with van der Waals surface area (Å²) >= 11 is 1.50. The molecule has 0 fully saturated rings. The number of hydrogen-bond donors (Lipinski definition) is 2. The minimum absolute atomic E-state index is 0. The minimum atomic E-state index is -0.269. The van der Waals surface area contributed by atoms with Gasteiger partial charge < -0.3 is 20.4 Å². The van der Waals surface area contributed by atoms with Crippen molar-refractivity contribution < 1.29 is 9.53 Å². The first-order valence-corrected chi connectivity index (χ1v) is 7.72. The molecule has 0 bridgehead atoms. The lowest BCUT2D eigenvalue weighted by Crippen LogP contribution is -2.28. The van der Waals surface area contributed by atoms with E-state index in [9.17, 15) is 4.79 Å². The van der Waals surface area contributed by atoms with Crippen LogP contribution in [-0.2, 0) is 16.6 Å². The molecule has 8 heteroatoms. The quantitative estimate of drug-likeness (QED) is 0.795. The number of carbonyl (C=O) groups excluding carboxylic acids is 1. The van der Waals surface area contributed by atoms with E-state index in [-0.39, 0.29) is 30.8 Å². The molecule has 3 N–H and O–H groups in total. The number of carbonyl (C=O) groups is 1. The van der Waals surface area contributed by atoms with Gasteiger partial charge in [0.15, 0.2) is 5.16 Å². The summed E-state index contributed by atoms with van der Waals surface area (Å²) in [5.74, 6) is -0.120. The van der Waals surface area contributed by atoms with Gasteiger partial charge in [0, 0.05) is 38.0 Å². The lowest BCUT2D eigenvalue weighted by Gasteiger charge is -2.14. The Morgan fingerprint density at radius 1 is 1.48 bits per heavy atom. The third-order valence-electron chi connectivity index (χ3n) is 3.15. The van der Waals surface area contributed by atoms with Crippen molar-refractivity contribution in [3.63, 3.8) is 0 Å². The van der Waals surface area contributed by atoms with Crippen molar-refractivity contribution in [2.24, 2.45) is 12.8 Å². The Bertz CT molecular complexity index is 631. The molecule has 0 aliphatic heterocycles. The molecule has 0 aliphatic carbocycles. The summed E-state index contributed by atoms with van der Waals surface area (Å²) < 4.78 is 7.06. The van der Waals surface area contributed by atoms with Gasteiger partial charge in [-0.1, -0.05) is 12.1 Å². The molecule has 0 spiro atoms. The van der Waals surface area contributed by atoms with E-state index in [0.29, 0.717) is 6.54 Å². The fourth-order valence-electron chi connectivity index (χ4n) is 1.88. The zero-order valence-corrected chi connectivity index (χ0v) is 14.7. The summed E-state index contributed by atoms with van der Waals surface area (Å²) in [6.07, 6.45) is 3.59. The number of ether oxygens (including phenoxy) is 1. The van der Waals surface area contributed by atoms with Crippen molar-refractivity contribution in [3.8, 4) is 0 Å². The van der Waals surface area contributed by atoms with Crippen LogP contribution in [0.25, 0.3) is 0 Å². The number of hydrogen-bond acceptors (Lipinski definition) is 5. The molecule has 23 heavy (non-hydrogen) atoms. The monoisotopic (exact) mass is 356 g/mol. The highest BCUT2D eigenvalue weighted by molar-refractivity contribution is 7.99. The molecule has 0 aliphatic rings. The van der Waals surface area contributed by atoms with Gasteiger partial charge in [-0.25, -0.2) is 4.98 Å². The van der Waals surface area contributed by atoms with E-state index in [2.05, 4.69) is 10.3 Å². The van der Waals surface area contributed by atoms with Crippen LogP contribution in [0.5, 0.6) is 0 Å². The van der Waals surface area contributed by atoms with Crippen LogP contribution in [0.1, 0.15) is 6.42 Å². The van der Waals surface area contributed by atoms with E-state index in [1.165, 1.54) is 11.8 Å². The van der Waals surface area contributed by atoms with Crippen molar-refractivity contribution in [3.05, 3.63) is 36.7 Å². The summed E-state index contributed by atoms with van der Waals surface area (Å²) in [6.45, 7) is 0.313. The summed E-state index contributed by atoms with van der Waals surface area (Å²) in [5, 5.41) is 3.77. The number of benzene rings is 1. The van der Waals surface area contributed by atoms with Crippen LogP contribution in [0.2, 0.25) is 0 Å². The predicted octanol–water partition coefficient (Wildman–Crippen LogP) is 2.30. The van der Waals surface area contributed by atoms with Gasteiger partial charge in [-0.2, -0.15) is 0 Å². The molecular formula is C15H21ClN4O2S. The zero-order valence-electron chi connectivity index (χ0n) is 13.1. The van der Waals surface area contributed by atoms with E-state index in [1.54, 1.807) is 13.3 Å². The Morgan fingerprint density at radius 3 is 2.83 bits per heavy atom. The zero-order chi connectivity index (χ0) is 15.9. The molecule has 1 heterocycles. The average Bonchev–Trinajstić information content (AvgIpc) is 2.92. The minimum Gasteiger partial charge on any atom is -0.380 e. The Morgan fingerprint density at radius 2 is 2.22 bits per heavy atom. The van der Waals surface area contributed by atoms with Gasteiger partial charge in [0.05, 0.1) is 18.2 Å². The van der Waals surface area contributed by atoms with Crippen LogP contribution in [0, 0.1) is 0 Å². The summed E-state index contributed by atoms with van der Waals surface area (Å²) in [7, 11) is 3.48. The maximum atomic E-state index is 12.1. The van der Waals surface area contributed by atoms with E-state index in [4.69, 9.17) is 10.5 Å². The molecule has 1 amide bonds. The smallest absolute Gasteiger partial charge is 0.227 e. The van der Waals surface area contributed by atoms with E-state index < -0.39 is 0 Å². The Labute approximate surface area is 146 Å². The van der Waals surface area contributed by atoms with E-state index in [0.717, 1.165) is 15.7 Å². The van der Waals surface area contributed by atoms with Gasteiger partial charge in [-0.05, 0) is 23.9 Å². The topological polar surface area (TPSA) is 82.2 Å². The first kappa shape index (κ1) is 19.5. The second-order valence-corrected chi connectivity index (χ2v) is 5.77. The number of nitrogens with one attached hydrogen (secondary N) is 1. The van der Waals surface area contributed by atoms with Crippen LogP contribution in [-0.4, -0.2) is 35.2 Å². The van der Waals surface area contributed by atoms with Crippen LogP contribution in [0.15, 0.2) is 46.7 Å². The van der Waals surface area contributed by atoms with Gasteiger partial charge in [0.25, 0.3) is 0 Å². The molecule has 1 aromatic carbocycles. The molecular weight excluding hydrogens is 336 g/mol. The van der Waals surface area contributed by atoms with Gasteiger partial charge in [0.2, 0.25) is 5.91 Å². The lowest BCUT2D eigenvalue weighted by atomic mass is 10.2. The van der Waals surface area contributed by atoms with Crippen molar-refractivity contribution in [1.29, 1.82) is 0 Å². The van der Waals surface area contributed by atoms with Gasteiger partial charge in [-0.3, -0.25) is 4.79 Å². The number of nitrogens with two attached hydrogens (primary N) is 1. The average molecular weight is 357 g/mol. The van der Waals surface area contributed by atoms with Gasteiger partial charge in [-0.15, -0.1) is 12.4 Å². The largest absolute Gasteiger partial charge is 0.380 e. The number of aryl methyl sites for hydroxylation is 1. The Hall–Kier alpha value is -1.54. The molecule has 0 saturated heterocycles. The Kier molecular flexibility index (Phi) is 8.11. The SMILES string of the molecule is COC(CN)CC(=O)Nc1ccccc1Sc1nccn1C.Cl. The molecule has 2 rings (SSSR count). The lowest BCUT2D eigenvalue weighted by molar-refractivity contribution is -0.118. The van der Waals surface area contributed by atoms with Crippen molar-refractivity contribution in [1.82, 2.24) is 9.55 Å². The summed E-state index contributed by atoms with van der Waals surface area (Å²) in [4.78, 5) is 17.3. The first-order valence-electron chi connectivity index (χ1n) is 6.91. The van der Waals surface area contributed by atoms with Crippen molar-refractivity contribution in [2.45, 2.75) is 22.6 Å². The number of halogens is 1. The predicted molar refractivity (Wildman–Crippen MR) is 94.1 cm³/mol. The van der Waals surface area contributed by atoms with E-state index in [1.807, 2.05) is 42.1 Å². The number of anilines is 1. The second kappa shape index (κ2) is 9.57. The highest BCUT2D eigenvalue weighted by Gasteiger charge is 2.14. The normalized spacial score (nSPS) is 11.6. The summed E-state index contributed by atoms with van der Waals surface area (Å²) in [6, 6.07) is 7.63. The molecule has 0 saturated carbocycles. The molecule has 2 aromatic rings. The highest BCUT2D eigenvalue weighted by Crippen LogP contribution is 2.32. The molecule has 126 valence electrons. The van der Waals surface area contributed by atoms with Gasteiger partial charge in [0.1, 0.15) is 0 Å². The van der Waals surface area contributed by atoms with E-state index >= 15 is 0 Å². The van der Waals surface area contributed by atoms with Crippen LogP contribution < -0.4 is 11.1 Å². The first-order chi connectivity index (χ1) is 10.6. The number of methoxy groups -OCH3 is 1. The molecule has 0 radical (unpaired) electrons. The number of para-hydroxylation sites is 1. The molecule has 1 aromatic heterocycles. The van der Waals surface area contributed by atoms with Crippen LogP contribution in [0.3, 0.4) is 0 Å². The second-order valence-electron chi connectivity index (χ2n) is 4.76. The number of amides is 1. The fourth-order valence-corrected chi connectivity index (χ4v) is 2.77. The van der Waals surface area contributed by atoms with Crippen molar-refractivity contribution in [2.75, 3.05) is 19.0 Å². The third-order valence-corrected chi connectivity index (χ3v) is 4.30. The highest BCUT2D eigenvalue weighted by atomic mass is 35.5. The standard InChI is InChI=1S/C15H20N4O2S.ClH/c1-19-8-7-17-15(19)22-13-6-4-3-5-12(13)18-14(20)9-11(10-16)21-2;/h3-8,11H,9-10,16H2,1-2H3,(H,18,20);1H. The number of rotatable bonds is 7. The molecule has 1 unspecified atom stereocenters. The maximum absolute atomic E-state index is 12.1. The van der Waals surface area contributed by atoms with Gasteiger partial charge >= 0.3 is 0 Å². The maximum Gasteiger partial charge on any atom is 0.227 e. The van der Waals surface area contributed by atoms with Crippen LogP contribution >= 0.6 is 24.2 Å². The third kappa shape index (κ3) is 5.54. The molecule has 1 atom stereocenters.